The molecule has 1 amide bonds. The minimum absolute atomic E-state index is 0.0571. The molecule has 1 aliphatic rings. The maximum absolute atomic E-state index is 12.0. The number of hydrogen-bond acceptors (Lipinski definition) is 6. The molecule has 8 heteroatoms. The molecule has 0 saturated heterocycles. The van der Waals surface area contributed by atoms with E-state index in [4.69, 9.17) is 14.7 Å². The van der Waals surface area contributed by atoms with Crippen molar-refractivity contribution in [1.82, 2.24) is 5.48 Å². The van der Waals surface area contributed by atoms with Gasteiger partial charge in [-0.05, 0) is 48.6 Å². The van der Waals surface area contributed by atoms with Gasteiger partial charge in [0, 0.05) is 6.26 Å². The first-order valence-electron chi connectivity index (χ1n) is 8.88. The number of hydroxylamine groups is 1. The summed E-state index contributed by atoms with van der Waals surface area (Å²) in [6.07, 6.45) is 1.42. The zero-order valence-corrected chi connectivity index (χ0v) is 16.6. The molecule has 28 heavy (non-hydrogen) atoms. The van der Waals surface area contributed by atoms with Gasteiger partial charge in [-0.2, -0.15) is 0 Å². The molecule has 0 bridgehead atoms. The molecule has 1 atom stereocenters. The van der Waals surface area contributed by atoms with Gasteiger partial charge < -0.3 is 9.47 Å². The summed E-state index contributed by atoms with van der Waals surface area (Å²) in [6.45, 7) is 2.38. The van der Waals surface area contributed by atoms with Crippen molar-refractivity contribution in [1.29, 1.82) is 0 Å². The number of hydrogen-bond donors (Lipinski definition) is 2. The minimum atomic E-state index is -3.70. The van der Waals surface area contributed by atoms with Crippen LogP contribution in [0.2, 0.25) is 0 Å². The van der Waals surface area contributed by atoms with Gasteiger partial charge in [0.2, 0.25) is 0 Å². The third-order valence-corrected chi connectivity index (χ3v) is 7.15. The van der Waals surface area contributed by atoms with E-state index in [2.05, 4.69) is 0 Å². The molecule has 2 aromatic carbocycles. The fraction of sp³-hybridized carbons (Fsp3) is 0.350. The summed E-state index contributed by atoms with van der Waals surface area (Å²) in [5.74, 6) is 0.517. The molecule has 0 unspecified atom stereocenters. The topological polar surface area (TPSA) is 102 Å². The van der Waals surface area contributed by atoms with Crippen molar-refractivity contribution in [3.63, 3.8) is 0 Å². The highest BCUT2D eigenvalue weighted by atomic mass is 32.2. The molecule has 0 saturated carbocycles. The number of fused-ring (bicyclic) bond motifs is 1. The van der Waals surface area contributed by atoms with Crippen molar-refractivity contribution in [2.24, 2.45) is 0 Å². The largest absolute Gasteiger partial charge is 0.486 e. The van der Waals surface area contributed by atoms with Crippen molar-refractivity contribution < 1.29 is 27.9 Å². The van der Waals surface area contributed by atoms with E-state index in [9.17, 15) is 13.2 Å². The highest BCUT2D eigenvalue weighted by Gasteiger charge is 2.43. The summed E-state index contributed by atoms with van der Waals surface area (Å²) in [5, 5.41) is 8.89. The Morgan fingerprint density at radius 2 is 1.68 bits per heavy atom. The molecule has 3 rings (SSSR count). The van der Waals surface area contributed by atoms with Crippen molar-refractivity contribution >= 4 is 15.7 Å². The number of nitrogens with one attached hydrogen (secondary N) is 1. The molecule has 1 heterocycles. The molecule has 1 aliphatic heterocycles. The Labute approximate surface area is 164 Å². The lowest BCUT2D eigenvalue weighted by Gasteiger charge is -2.25. The number of sulfone groups is 1. The summed E-state index contributed by atoms with van der Waals surface area (Å²) in [6, 6.07) is 13.4. The Balaban J connectivity index is 1.75. The van der Waals surface area contributed by atoms with E-state index < -0.39 is 20.5 Å². The van der Waals surface area contributed by atoms with Gasteiger partial charge in [0.1, 0.15) is 18.0 Å². The van der Waals surface area contributed by atoms with E-state index in [1.165, 1.54) is 12.4 Å². The van der Waals surface area contributed by atoms with E-state index in [0.29, 0.717) is 25.4 Å². The highest BCUT2D eigenvalue weighted by Crippen LogP contribution is 2.34. The molecule has 0 aromatic heterocycles. The van der Waals surface area contributed by atoms with Gasteiger partial charge in [-0.25, -0.2) is 13.9 Å². The second-order valence-electron chi connectivity index (χ2n) is 7.00. The number of carbonyl (C=O) groups excluding carboxylic acids is 1. The van der Waals surface area contributed by atoms with Gasteiger partial charge in [0.15, 0.2) is 21.3 Å². The molecule has 150 valence electrons. The van der Waals surface area contributed by atoms with Gasteiger partial charge in [-0.3, -0.25) is 10.0 Å². The quantitative estimate of drug-likeness (QED) is 0.565. The summed E-state index contributed by atoms with van der Waals surface area (Å²) >= 11 is 0. The van der Waals surface area contributed by atoms with Gasteiger partial charge in [0.25, 0.3) is 5.91 Å². The number of ether oxygens (including phenoxy) is 2. The summed E-state index contributed by atoms with van der Waals surface area (Å²) < 4.78 is 33.5. The summed E-state index contributed by atoms with van der Waals surface area (Å²) in [7, 11) is -3.70. The fourth-order valence-electron chi connectivity index (χ4n) is 3.06. The second kappa shape index (κ2) is 7.81. The molecule has 7 nitrogen and oxygen atoms in total. The lowest BCUT2D eigenvalue weighted by Crippen LogP contribution is -2.49. The van der Waals surface area contributed by atoms with E-state index >= 15 is 0 Å². The van der Waals surface area contributed by atoms with Crippen LogP contribution in [-0.4, -0.2) is 43.7 Å². The molecule has 0 radical (unpaired) electrons. The van der Waals surface area contributed by atoms with Crippen LogP contribution in [0.3, 0.4) is 0 Å². The Bertz CT molecular complexity index is 971. The molecule has 0 spiro atoms. The Hall–Kier alpha value is -2.58. The van der Waals surface area contributed by atoms with Crippen molar-refractivity contribution in [2.45, 2.75) is 24.5 Å². The predicted molar refractivity (Wildman–Crippen MR) is 104 cm³/mol. The summed E-state index contributed by atoms with van der Waals surface area (Å²) in [5.41, 5.74) is 4.32. The van der Waals surface area contributed by atoms with Gasteiger partial charge in [0.05, 0.1) is 0 Å². The maximum Gasteiger partial charge on any atom is 0.264 e. The second-order valence-corrected chi connectivity index (χ2v) is 9.44. The van der Waals surface area contributed by atoms with Gasteiger partial charge in [-0.15, -0.1) is 0 Å². The predicted octanol–water partition coefficient (Wildman–Crippen LogP) is 2.37. The van der Waals surface area contributed by atoms with E-state index in [1.807, 2.05) is 42.5 Å². The normalized spacial score (nSPS) is 15.5. The first-order chi connectivity index (χ1) is 13.2. The molecule has 0 aliphatic carbocycles. The van der Waals surface area contributed by atoms with Crippen LogP contribution in [-0.2, 0) is 21.1 Å². The van der Waals surface area contributed by atoms with E-state index in [0.717, 1.165) is 28.7 Å². The van der Waals surface area contributed by atoms with E-state index in [-0.39, 0.29) is 6.42 Å². The van der Waals surface area contributed by atoms with Crippen LogP contribution in [0, 0.1) is 0 Å². The number of benzene rings is 2. The lowest BCUT2D eigenvalue weighted by atomic mass is 9.97. The molecule has 2 N–H and O–H groups in total. The van der Waals surface area contributed by atoms with Gasteiger partial charge >= 0.3 is 0 Å². The molecule has 0 fully saturated rings. The van der Waals surface area contributed by atoms with Crippen molar-refractivity contribution in [3.8, 4) is 22.6 Å². The first kappa shape index (κ1) is 20.2. The van der Waals surface area contributed by atoms with Crippen LogP contribution in [0.4, 0.5) is 0 Å². The average Bonchev–Trinajstić information content (AvgIpc) is 2.70. The smallest absolute Gasteiger partial charge is 0.264 e. The van der Waals surface area contributed by atoms with Crippen LogP contribution < -0.4 is 15.0 Å². The number of rotatable bonds is 6. The van der Waals surface area contributed by atoms with Crippen molar-refractivity contribution in [3.05, 3.63) is 48.0 Å². The van der Waals surface area contributed by atoms with E-state index in [1.54, 1.807) is 0 Å². The van der Waals surface area contributed by atoms with Crippen LogP contribution in [0.15, 0.2) is 42.5 Å². The molecular formula is C20H23NO6S. The number of carbonyl (C=O) groups is 1. The highest BCUT2D eigenvalue weighted by molar-refractivity contribution is 7.92. The zero-order valence-electron chi connectivity index (χ0n) is 15.8. The zero-order chi connectivity index (χ0) is 20.4. The maximum atomic E-state index is 12.0. The minimum Gasteiger partial charge on any atom is -0.486 e. The molecular weight excluding hydrogens is 382 g/mol. The Kier molecular flexibility index (Phi) is 5.62. The van der Waals surface area contributed by atoms with Crippen LogP contribution in [0.25, 0.3) is 11.1 Å². The van der Waals surface area contributed by atoms with Crippen molar-refractivity contribution in [2.75, 3.05) is 19.5 Å². The first-order valence-corrected chi connectivity index (χ1v) is 10.8. The third kappa shape index (κ3) is 3.98. The Morgan fingerprint density at radius 3 is 2.29 bits per heavy atom. The third-order valence-electron chi connectivity index (χ3n) is 5.12. The fourth-order valence-corrected chi connectivity index (χ4v) is 3.91. The molecule has 2 aromatic rings. The standard InChI is InChI=1S/C20H23NO6S/c1-20(19(22)21-23,28(2,24)25)10-9-14-3-5-15(6-4-14)16-7-8-17-18(13-16)27-12-11-26-17/h3-8,13,23H,9-12H2,1-2H3,(H,21,22)/t20-/m0/s1. The lowest BCUT2D eigenvalue weighted by molar-refractivity contribution is -0.131. The number of amides is 1. The van der Waals surface area contributed by atoms with Crippen LogP contribution >= 0.6 is 0 Å². The van der Waals surface area contributed by atoms with Crippen LogP contribution in [0.5, 0.6) is 11.5 Å². The Morgan fingerprint density at radius 1 is 1.07 bits per heavy atom. The number of aryl methyl sites for hydroxylation is 1. The monoisotopic (exact) mass is 405 g/mol. The summed E-state index contributed by atoms with van der Waals surface area (Å²) in [4.78, 5) is 11.9. The van der Waals surface area contributed by atoms with Gasteiger partial charge in [-0.1, -0.05) is 30.3 Å². The SMILES string of the molecule is C[C@](CCc1ccc(-c2ccc3c(c2)OCCO3)cc1)(C(=O)NO)S(C)(=O)=O. The average molecular weight is 405 g/mol. The van der Waals surface area contributed by atoms with Crippen LogP contribution in [0.1, 0.15) is 18.9 Å².